The second-order valence-electron chi connectivity index (χ2n) is 3.09. The smallest absolute Gasteiger partial charge is 0.240 e. The van der Waals surface area contributed by atoms with Crippen LogP contribution >= 0.6 is 11.6 Å². The highest BCUT2D eigenvalue weighted by Gasteiger charge is 2.04. The van der Waals surface area contributed by atoms with Gasteiger partial charge in [-0.25, -0.2) is 0 Å². The Kier molecular flexibility index (Phi) is 4.30. The zero-order valence-electron chi connectivity index (χ0n) is 8.53. The minimum absolute atomic E-state index is 0.0123. The molecule has 0 fully saturated rings. The van der Waals surface area contributed by atoms with Gasteiger partial charge in [0.2, 0.25) is 11.8 Å². The van der Waals surface area contributed by atoms with E-state index >= 15 is 0 Å². The van der Waals surface area contributed by atoms with Crippen molar-refractivity contribution < 1.29 is 9.53 Å². The molecule has 1 N–H and O–H groups in total. The predicted molar refractivity (Wildman–Crippen MR) is 57.1 cm³/mol. The van der Waals surface area contributed by atoms with E-state index in [0.29, 0.717) is 11.7 Å². The number of nitrogens with zero attached hydrogens (tertiary/aromatic N) is 2. The van der Waals surface area contributed by atoms with Gasteiger partial charge in [-0.05, 0) is 13.8 Å². The van der Waals surface area contributed by atoms with Crippen LogP contribution in [0.15, 0.2) is 12.4 Å². The maximum Gasteiger partial charge on any atom is 0.240 e. The molecule has 0 saturated carbocycles. The summed E-state index contributed by atoms with van der Waals surface area (Å²) in [5.74, 6) is 0.264. The molecule has 0 aliphatic heterocycles. The number of anilines is 1. The summed E-state index contributed by atoms with van der Waals surface area (Å²) in [7, 11) is 0. The number of halogens is 1. The first-order chi connectivity index (χ1) is 7.11. The lowest BCUT2D eigenvalue weighted by Crippen LogP contribution is -2.15. The summed E-state index contributed by atoms with van der Waals surface area (Å²) in [6, 6.07) is 0. The molecule has 15 heavy (non-hydrogen) atoms. The fourth-order valence-corrected chi connectivity index (χ4v) is 0.950. The van der Waals surface area contributed by atoms with Gasteiger partial charge in [0.15, 0.2) is 5.82 Å². The lowest BCUT2D eigenvalue weighted by atomic mass is 10.5. The van der Waals surface area contributed by atoms with Gasteiger partial charge in [-0.1, -0.05) is 0 Å². The molecular formula is C9H12ClN3O2. The molecule has 0 radical (unpaired) electrons. The van der Waals surface area contributed by atoms with Gasteiger partial charge in [-0.15, -0.1) is 11.6 Å². The standard InChI is InChI=1S/C9H12ClN3O2/c1-6(2)15-9-5-11-4-7(13-9)12-8(14)3-10/h4-6H,3H2,1-2H3,(H,12,13,14). The number of alkyl halides is 1. The van der Waals surface area contributed by atoms with Crippen LogP contribution < -0.4 is 10.1 Å². The lowest BCUT2D eigenvalue weighted by molar-refractivity contribution is -0.113. The van der Waals surface area contributed by atoms with E-state index < -0.39 is 0 Å². The minimum Gasteiger partial charge on any atom is -0.474 e. The second kappa shape index (κ2) is 5.50. The lowest BCUT2D eigenvalue weighted by Gasteiger charge is -2.09. The Bertz CT molecular complexity index is 344. The Labute approximate surface area is 92.8 Å². The fourth-order valence-electron chi connectivity index (χ4n) is 0.883. The second-order valence-corrected chi connectivity index (χ2v) is 3.36. The van der Waals surface area contributed by atoms with Crippen LogP contribution in [0, 0.1) is 0 Å². The molecule has 0 aliphatic carbocycles. The van der Waals surface area contributed by atoms with Crippen molar-refractivity contribution in [2.45, 2.75) is 20.0 Å². The van der Waals surface area contributed by atoms with Gasteiger partial charge in [-0.3, -0.25) is 9.78 Å². The number of nitrogens with one attached hydrogen (secondary N) is 1. The zero-order chi connectivity index (χ0) is 11.3. The SMILES string of the molecule is CC(C)Oc1cncc(NC(=O)CCl)n1. The van der Waals surface area contributed by atoms with Gasteiger partial charge in [0.05, 0.1) is 18.5 Å². The highest BCUT2D eigenvalue weighted by Crippen LogP contribution is 2.10. The molecule has 0 unspecified atom stereocenters. The van der Waals surface area contributed by atoms with E-state index in [1.807, 2.05) is 13.8 Å². The van der Waals surface area contributed by atoms with Crippen molar-refractivity contribution in [3.05, 3.63) is 12.4 Å². The normalized spacial score (nSPS) is 10.1. The topological polar surface area (TPSA) is 64.1 Å². The van der Waals surface area contributed by atoms with Crippen molar-refractivity contribution in [3.8, 4) is 5.88 Å². The van der Waals surface area contributed by atoms with Crippen molar-refractivity contribution >= 4 is 23.3 Å². The van der Waals surface area contributed by atoms with Gasteiger partial charge in [-0.2, -0.15) is 4.98 Å². The van der Waals surface area contributed by atoms with E-state index in [4.69, 9.17) is 16.3 Å². The summed E-state index contributed by atoms with van der Waals surface area (Å²) in [6.07, 6.45) is 2.92. The number of rotatable bonds is 4. The highest BCUT2D eigenvalue weighted by molar-refractivity contribution is 6.28. The number of hydrogen-bond acceptors (Lipinski definition) is 4. The monoisotopic (exact) mass is 229 g/mol. The van der Waals surface area contributed by atoms with Gasteiger partial charge in [0, 0.05) is 0 Å². The van der Waals surface area contributed by atoms with Crippen LogP contribution in [0.5, 0.6) is 5.88 Å². The molecule has 0 aromatic carbocycles. The Balaban J connectivity index is 2.69. The summed E-state index contributed by atoms with van der Waals surface area (Å²) >= 11 is 5.33. The molecule has 0 saturated heterocycles. The summed E-state index contributed by atoms with van der Waals surface area (Å²) < 4.78 is 5.31. The third-order valence-electron chi connectivity index (χ3n) is 1.36. The molecule has 1 heterocycles. The van der Waals surface area contributed by atoms with E-state index in [2.05, 4.69) is 15.3 Å². The molecule has 1 aromatic rings. The van der Waals surface area contributed by atoms with Crippen molar-refractivity contribution in [3.63, 3.8) is 0 Å². The van der Waals surface area contributed by atoms with Crippen LogP contribution in [0.4, 0.5) is 5.82 Å². The van der Waals surface area contributed by atoms with Crippen LogP contribution in [0.2, 0.25) is 0 Å². The van der Waals surface area contributed by atoms with Gasteiger partial charge < -0.3 is 10.1 Å². The van der Waals surface area contributed by atoms with Gasteiger partial charge in [0.1, 0.15) is 5.88 Å². The molecular weight excluding hydrogens is 218 g/mol. The summed E-state index contributed by atoms with van der Waals surface area (Å²) in [5, 5.41) is 2.48. The largest absolute Gasteiger partial charge is 0.474 e. The number of ether oxygens (including phenoxy) is 1. The average Bonchev–Trinajstić information content (AvgIpc) is 2.17. The summed E-state index contributed by atoms with van der Waals surface area (Å²) in [6.45, 7) is 3.76. The molecule has 0 bridgehead atoms. The highest BCUT2D eigenvalue weighted by atomic mass is 35.5. The minimum atomic E-state index is -0.326. The summed E-state index contributed by atoms with van der Waals surface area (Å²) in [4.78, 5) is 18.9. The first-order valence-corrected chi connectivity index (χ1v) is 4.99. The van der Waals surface area contributed by atoms with E-state index in [0.717, 1.165) is 0 Å². The van der Waals surface area contributed by atoms with Gasteiger partial charge >= 0.3 is 0 Å². The van der Waals surface area contributed by atoms with E-state index in [9.17, 15) is 4.79 Å². The number of carbonyl (C=O) groups is 1. The van der Waals surface area contributed by atoms with Crippen LogP contribution in [0.25, 0.3) is 0 Å². The molecule has 0 aliphatic rings. The average molecular weight is 230 g/mol. The van der Waals surface area contributed by atoms with Crippen molar-refractivity contribution in [2.24, 2.45) is 0 Å². The maximum atomic E-state index is 11.0. The Morgan fingerprint density at radius 1 is 1.60 bits per heavy atom. The third-order valence-corrected chi connectivity index (χ3v) is 1.60. The van der Waals surface area contributed by atoms with Crippen LogP contribution in [-0.4, -0.2) is 27.9 Å². The number of aromatic nitrogens is 2. The Morgan fingerprint density at radius 2 is 2.33 bits per heavy atom. The van der Waals surface area contributed by atoms with Gasteiger partial charge in [0.25, 0.3) is 0 Å². The molecule has 5 nitrogen and oxygen atoms in total. The quantitative estimate of drug-likeness (QED) is 0.794. The number of carbonyl (C=O) groups excluding carboxylic acids is 1. The first kappa shape index (κ1) is 11.7. The molecule has 1 amide bonds. The molecule has 1 aromatic heterocycles. The van der Waals surface area contributed by atoms with Crippen LogP contribution in [0.1, 0.15) is 13.8 Å². The van der Waals surface area contributed by atoms with E-state index in [1.54, 1.807) is 0 Å². The molecule has 0 atom stereocenters. The van der Waals surface area contributed by atoms with Crippen LogP contribution in [-0.2, 0) is 4.79 Å². The zero-order valence-corrected chi connectivity index (χ0v) is 9.28. The van der Waals surface area contributed by atoms with Crippen LogP contribution in [0.3, 0.4) is 0 Å². The Hall–Kier alpha value is -1.36. The first-order valence-electron chi connectivity index (χ1n) is 4.46. The molecule has 6 heteroatoms. The molecule has 0 spiro atoms. The van der Waals surface area contributed by atoms with E-state index in [-0.39, 0.29) is 17.9 Å². The van der Waals surface area contributed by atoms with Crippen molar-refractivity contribution in [2.75, 3.05) is 11.2 Å². The molecule has 82 valence electrons. The molecule has 1 rings (SSSR count). The Morgan fingerprint density at radius 3 is 2.93 bits per heavy atom. The van der Waals surface area contributed by atoms with Crippen molar-refractivity contribution in [1.82, 2.24) is 9.97 Å². The third kappa shape index (κ3) is 4.12. The predicted octanol–water partition coefficient (Wildman–Crippen LogP) is 1.44. The van der Waals surface area contributed by atoms with Crippen molar-refractivity contribution in [1.29, 1.82) is 0 Å². The summed E-state index contributed by atoms with van der Waals surface area (Å²) in [5.41, 5.74) is 0. The fraction of sp³-hybridized carbons (Fsp3) is 0.444. The maximum absolute atomic E-state index is 11.0. The number of hydrogen-bond donors (Lipinski definition) is 1. The number of amides is 1. The van der Waals surface area contributed by atoms with E-state index in [1.165, 1.54) is 12.4 Å².